The molecule has 2 aliphatic rings. The summed E-state index contributed by atoms with van der Waals surface area (Å²) in [6.07, 6.45) is 8.73. The lowest BCUT2D eigenvalue weighted by atomic mass is 10.1. The number of rotatable bonds is 7. The molecule has 1 aromatic carbocycles. The second-order valence-electron chi connectivity index (χ2n) is 5.87. The third-order valence-corrected chi connectivity index (χ3v) is 3.96. The van der Waals surface area contributed by atoms with Crippen LogP contribution in [0.5, 0.6) is 11.5 Å². The lowest BCUT2D eigenvalue weighted by Crippen LogP contribution is -2.17. The fourth-order valence-electron chi connectivity index (χ4n) is 2.59. The van der Waals surface area contributed by atoms with Crippen LogP contribution in [0.25, 0.3) is 0 Å². The van der Waals surface area contributed by atoms with Gasteiger partial charge >= 0.3 is 0 Å². The van der Waals surface area contributed by atoms with Gasteiger partial charge in [0.2, 0.25) is 0 Å². The summed E-state index contributed by atoms with van der Waals surface area (Å²) in [6.45, 7) is 2.72. The van der Waals surface area contributed by atoms with Gasteiger partial charge in [-0.3, -0.25) is 0 Å². The molecular weight excluding hydrogens is 250 g/mol. The van der Waals surface area contributed by atoms with Crippen LogP contribution in [0.15, 0.2) is 18.2 Å². The molecule has 0 spiro atoms. The number of fused-ring (bicyclic) bond motifs is 1. The van der Waals surface area contributed by atoms with Crippen molar-refractivity contribution in [3.8, 4) is 11.5 Å². The van der Waals surface area contributed by atoms with Crippen LogP contribution in [-0.2, 0) is 6.42 Å². The van der Waals surface area contributed by atoms with E-state index in [2.05, 4.69) is 23.5 Å². The predicted octanol–water partition coefficient (Wildman–Crippen LogP) is 3.31. The van der Waals surface area contributed by atoms with Crippen molar-refractivity contribution in [2.24, 2.45) is 0 Å². The zero-order chi connectivity index (χ0) is 13.6. The first-order valence-corrected chi connectivity index (χ1v) is 8.04. The highest BCUT2D eigenvalue weighted by atomic mass is 16.5. The first-order chi connectivity index (χ1) is 9.92. The van der Waals surface area contributed by atoms with Crippen LogP contribution < -0.4 is 14.8 Å². The number of ether oxygens (including phenoxy) is 2. The Morgan fingerprint density at radius 1 is 1.00 bits per heavy atom. The van der Waals surface area contributed by atoms with Gasteiger partial charge in [-0.2, -0.15) is 0 Å². The Kier molecular flexibility index (Phi) is 4.80. The predicted molar refractivity (Wildman–Crippen MR) is 80.6 cm³/mol. The van der Waals surface area contributed by atoms with Crippen LogP contribution in [0.1, 0.15) is 44.1 Å². The average molecular weight is 275 g/mol. The smallest absolute Gasteiger partial charge is 0.161 e. The van der Waals surface area contributed by atoms with Crippen molar-refractivity contribution in [3.63, 3.8) is 0 Å². The highest BCUT2D eigenvalue weighted by Crippen LogP contribution is 2.30. The maximum Gasteiger partial charge on any atom is 0.161 e. The topological polar surface area (TPSA) is 30.5 Å². The Bertz CT molecular complexity index is 429. The monoisotopic (exact) mass is 275 g/mol. The summed E-state index contributed by atoms with van der Waals surface area (Å²) in [5.74, 6) is 1.83. The average Bonchev–Trinajstić information content (AvgIpc) is 3.29. The zero-order valence-corrected chi connectivity index (χ0v) is 12.2. The molecule has 20 heavy (non-hydrogen) atoms. The van der Waals surface area contributed by atoms with Gasteiger partial charge in [0, 0.05) is 12.5 Å². The standard InChI is InChI=1S/C17H25NO2/c1(3-10-18-15-7-8-15)2-5-14-6-9-16-17(13-14)20-12-4-11-19-16/h6,9,13,15,18H,1-5,7-8,10-12H2. The molecule has 0 radical (unpaired) electrons. The van der Waals surface area contributed by atoms with Gasteiger partial charge < -0.3 is 14.8 Å². The van der Waals surface area contributed by atoms with E-state index in [-0.39, 0.29) is 0 Å². The molecule has 3 heteroatoms. The highest BCUT2D eigenvalue weighted by molar-refractivity contribution is 5.43. The fourth-order valence-corrected chi connectivity index (χ4v) is 2.59. The number of aryl methyl sites for hydroxylation is 1. The first kappa shape index (κ1) is 13.7. The minimum Gasteiger partial charge on any atom is -0.490 e. The Morgan fingerprint density at radius 2 is 1.85 bits per heavy atom. The molecule has 1 aliphatic heterocycles. The SMILES string of the molecule is c1cc2c(cc1CCCCCNC1CC1)OCCCO2. The van der Waals surface area contributed by atoms with Crippen molar-refractivity contribution in [2.45, 2.75) is 51.0 Å². The second-order valence-corrected chi connectivity index (χ2v) is 5.87. The Labute approximate surface area is 121 Å². The number of hydrogen-bond acceptors (Lipinski definition) is 3. The molecule has 0 unspecified atom stereocenters. The van der Waals surface area contributed by atoms with Crippen LogP contribution in [0, 0.1) is 0 Å². The van der Waals surface area contributed by atoms with Crippen LogP contribution in [-0.4, -0.2) is 25.8 Å². The molecule has 0 amide bonds. The second kappa shape index (κ2) is 6.98. The summed E-state index contributed by atoms with van der Waals surface area (Å²) < 4.78 is 11.4. The van der Waals surface area contributed by atoms with E-state index in [1.807, 2.05) is 0 Å². The van der Waals surface area contributed by atoms with Gasteiger partial charge in [0.15, 0.2) is 11.5 Å². The van der Waals surface area contributed by atoms with E-state index < -0.39 is 0 Å². The molecule has 3 rings (SSSR count). The Hall–Kier alpha value is -1.22. The molecule has 0 atom stereocenters. The minimum atomic E-state index is 0.764. The molecule has 1 aromatic rings. The van der Waals surface area contributed by atoms with Crippen molar-refractivity contribution < 1.29 is 9.47 Å². The zero-order valence-electron chi connectivity index (χ0n) is 12.2. The van der Waals surface area contributed by atoms with E-state index in [1.54, 1.807) is 0 Å². The van der Waals surface area contributed by atoms with E-state index in [0.29, 0.717) is 0 Å². The number of hydrogen-bond donors (Lipinski definition) is 1. The third kappa shape index (κ3) is 4.14. The van der Waals surface area contributed by atoms with Crippen molar-refractivity contribution in [1.82, 2.24) is 5.32 Å². The Balaban J connectivity index is 1.39. The minimum absolute atomic E-state index is 0.764. The van der Waals surface area contributed by atoms with Gasteiger partial charge in [0.25, 0.3) is 0 Å². The largest absolute Gasteiger partial charge is 0.490 e. The molecule has 1 saturated carbocycles. The van der Waals surface area contributed by atoms with Crippen molar-refractivity contribution in [2.75, 3.05) is 19.8 Å². The maximum absolute atomic E-state index is 5.73. The summed E-state index contributed by atoms with van der Waals surface area (Å²) in [5.41, 5.74) is 1.37. The maximum atomic E-state index is 5.73. The van der Waals surface area contributed by atoms with Gasteiger partial charge in [-0.15, -0.1) is 0 Å². The van der Waals surface area contributed by atoms with E-state index in [4.69, 9.17) is 9.47 Å². The van der Waals surface area contributed by atoms with Crippen LogP contribution in [0.4, 0.5) is 0 Å². The quantitative estimate of drug-likeness (QED) is 0.774. The normalized spacial score (nSPS) is 17.8. The van der Waals surface area contributed by atoms with Gasteiger partial charge in [-0.05, 0) is 56.3 Å². The lowest BCUT2D eigenvalue weighted by molar-refractivity contribution is 0.297. The molecule has 110 valence electrons. The molecule has 1 fully saturated rings. The molecule has 1 N–H and O–H groups in total. The summed E-state index contributed by atoms with van der Waals surface area (Å²) in [5, 5.41) is 3.57. The summed E-state index contributed by atoms with van der Waals surface area (Å²) in [6, 6.07) is 7.24. The Morgan fingerprint density at radius 3 is 2.70 bits per heavy atom. The van der Waals surface area contributed by atoms with Gasteiger partial charge in [0.1, 0.15) is 0 Å². The summed E-state index contributed by atoms with van der Waals surface area (Å²) in [7, 11) is 0. The number of unbranched alkanes of at least 4 members (excludes halogenated alkanes) is 2. The first-order valence-electron chi connectivity index (χ1n) is 8.04. The van der Waals surface area contributed by atoms with E-state index in [9.17, 15) is 0 Å². The van der Waals surface area contributed by atoms with Gasteiger partial charge in [-0.25, -0.2) is 0 Å². The molecule has 3 nitrogen and oxygen atoms in total. The van der Waals surface area contributed by atoms with E-state index >= 15 is 0 Å². The summed E-state index contributed by atoms with van der Waals surface area (Å²) >= 11 is 0. The van der Waals surface area contributed by atoms with Gasteiger partial charge in [-0.1, -0.05) is 12.5 Å². The molecule has 0 aromatic heterocycles. The highest BCUT2D eigenvalue weighted by Gasteiger charge is 2.19. The van der Waals surface area contributed by atoms with E-state index in [0.717, 1.165) is 43.6 Å². The fraction of sp³-hybridized carbons (Fsp3) is 0.647. The number of nitrogens with one attached hydrogen (secondary N) is 1. The van der Waals surface area contributed by atoms with Crippen LogP contribution in [0.3, 0.4) is 0 Å². The molecule has 1 aliphatic carbocycles. The van der Waals surface area contributed by atoms with E-state index in [1.165, 1.54) is 44.2 Å². The molecule has 0 saturated heterocycles. The van der Waals surface area contributed by atoms with Crippen LogP contribution >= 0.6 is 0 Å². The number of benzene rings is 1. The van der Waals surface area contributed by atoms with Crippen LogP contribution in [0.2, 0.25) is 0 Å². The molecule has 1 heterocycles. The molecule has 0 bridgehead atoms. The van der Waals surface area contributed by atoms with Crippen molar-refractivity contribution in [3.05, 3.63) is 23.8 Å². The van der Waals surface area contributed by atoms with Gasteiger partial charge in [0.05, 0.1) is 13.2 Å². The lowest BCUT2D eigenvalue weighted by Gasteiger charge is -2.09. The van der Waals surface area contributed by atoms with Crippen molar-refractivity contribution >= 4 is 0 Å². The third-order valence-electron chi connectivity index (χ3n) is 3.96. The summed E-state index contributed by atoms with van der Waals surface area (Å²) in [4.78, 5) is 0. The molecular formula is C17H25NO2. The van der Waals surface area contributed by atoms with Crippen molar-refractivity contribution in [1.29, 1.82) is 0 Å².